The van der Waals surface area contributed by atoms with Crippen molar-refractivity contribution < 1.29 is 80.2 Å². The first-order valence-electron chi connectivity index (χ1n) is 41.8. The number of hydrogen-bond acceptors (Lipinski definition) is 15. The Morgan fingerprint density at radius 2 is 0.460 bits per heavy atom. The molecular formula is C81H158O17P2. The molecule has 0 fully saturated rings. The van der Waals surface area contributed by atoms with Crippen LogP contribution >= 0.6 is 15.6 Å². The van der Waals surface area contributed by atoms with Gasteiger partial charge < -0.3 is 33.8 Å². The second kappa shape index (κ2) is 71.3. The first kappa shape index (κ1) is 98.1. The predicted octanol–water partition coefficient (Wildman–Crippen LogP) is 24.1. The highest BCUT2D eigenvalue weighted by Gasteiger charge is 2.30. The summed E-state index contributed by atoms with van der Waals surface area (Å²) >= 11 is 0. The summed E-state index contributed by atoms with van der Waals surface area (Å²) in [4.78, 5) is 73.0. The van der Waals surface area contributed by atoms with Gasteiger partial charge in [0.25, 0.3) is 0 Å². The number of aliphatic hydroxyl groups excluding tert-OH is 1. The van der Waals surface area contributed by atoms with Crippen LogP contribution in [0.3, 0.4) is 0 Å². The lowest BCUT2D eigenvalue weighted by Crippen LogP contribution is -2.30. The van der Waals surface area contributed by atoms with Crippen LogP contribution in [0.25, 0.3) is 0 Å². The van der Waals surface area contributed by atoms with Gasteiger partial charge in [-0.15, -0.1) is 0 Å². The van der Waals surface area contributed by atoms with Crippen LogP contribution in [0.15, 0.2) is 0 Å². The fraction of sp³-hybridized carbons (Fsp3) is 0.951. The third kappa shape index (κ3) is 74.3. The minimum atomic E-state index is -4.96. The van der Waals surface area contributed by atoms with E-state index in [-0.39, 0.29) is 25.7 Å². The molecule has 0 bridgehead atoms. The lowest BCUT2D eigenvalue weighted by atomic mass is 10.0. The molecule has 0 saturated carbocycles. The van der Waals surface area contributed by atoms with Crippen LogP contribution in [0.2, 0.25) is 0 Å². The monoisotopic (exact) mass is 1470 g/mol. The molecule has 0 aliphatic rings. The molecule has 0 aliphatic carbocycles. The number of carbonyl (C=O) groups excluding carboxylic acids is 4. The van der Waals surface area contributed by atoms with Gasteiger partial charge in [-0.3, -0.25) is 37.3 Å². The van der Waals surface area contributed by atoms with E-state index >= 15 is 0 Å². The highest BCUT2D eigenvalue weighted by molar-refractivity contribution is 7.47. The summed E-state index contributed by atoms with van der Waals surface area (Å²) in [6.45, 7) is 11.9. The highest BCUT2D eigenvalue weighted by atomic mass is 31.2. The van der Waals surface area contributed by atoms with Gasteiger partial charge in [0.2, 0.25) is 0 Å². The van der Waals surface area contributed by atoms with Crippen LogP contribution in [0.4, 0.5) is 0 Å². The van der Waals surface area contributed by atoms with Crippen LogP contribution in [0, 0.1) is 17.8 Å². The fourth-order valence-corrected chi connectivity index (χ4v) is 14.1. The minimum Gasteiger partial charge on any atom is -0.462 e. The van der Waals surface area contributed by atoms with Crippen molar-refractivity contribution in [1.82, 2.24) is 0 Å². The number of aliphatic hydroxyl groups is 1. The van der Waals surface area contributed by atoms with E-state index in [1.165, 1.54) is 225 Å². The number of carbonyl (C=O) groups is 4. The molecule has 0 saturated heterocycles. The summed E-state index contributed by atoms with van der Waals surface area (Å²) in [5.41, 5.74) is 0. The fourth-order valence-electron chi connectivity index (χ4n) is 12.5. The Labute approximate surface area is 613 Å². The summed E-state index contributed by atoms with van der Waals surface area (Å²) in [5, 5.41) is 10.6. The summed E-state index contributed by atoms with van der Waals surface area (Å²) in [7, 11) is -9.92. The number of hydrogen-bond donors (Lipinski definition) is 3. The number of ether oxygens (including phenoxy) is 4. The first-order chi connectivity index (χ1) is 48.2. The lowest BCUT2D eigenvalue weighted by molar-refractivity contribution is -0.161. The van der Waals surface area contributed by atoms with E-state index in [0.29, 0.717) is 31.6 Å². The lowest BCUT2D eigenvalue weighted by Gasteiger charge is -2.21. The van der Waals surface area contributed by atoms with Crippen molar-refractivity contribution in [3.05, 3.63) is 0 Å². The quantitative estimate of drug-likeness (QED) is 0.0222. The van der Waals surface area contributed by atoms with Crippen molar-refractivity contribution in [1.29, 1.82) is 0 Å². The Morgan fingerprint density at radius 1 is 0.270 bits per heavy atom. The second-order valence-corrected chi connectivity index (χ2v) is 33.5. The van der Waals surface area contributed by atoms with Crippen molar-refractivity contribution >= 4 is 39.5 Å². The molecule has 594 valence electrons. The Morgan fingerprint density at radius 3 is 0.680 bits per heavy atom. The molecule has 0 aromatic rings. The molecule has 100 heavy (non-hydrogen) atoms. The zero-order valence-electron chi connectivity index (χ0n) is 65.7. The van der Waals surface area contributed by atoms with Crippen molar-refractivity contribution in [3.8, 4) is 0 Å². The first-order valence-corrected chi connectivity index (χ1v) is 44.8. The molecule has 0 spiro atoms. The predicted molar refractivity (Wildman–Crippen MR) is 409 cm³/mol. The summed E-state index contributed by atoms with van der Waals surface area (Å²) in [6, 6.07) is 0. The molecule has 0 rings (SSSR count). The number of rotatable bonds is 79. The SMILES string of the molecule is CCCCCCCCCCCCCCCCCCCC(=O)OC[C@H](COP(=O)(O)OC[C@@H](O)COP(=O)(O)OC[C@@H](COC(=O)CCCCCCCCC(C)C)OC(=O)CCCCCCCCCCCCCCCC(C)C)OC(=O)CCCCCCCCCCCCCCCCCC(C)C. The number of phosphoric acid groups is 2. The molecule has 0 amide bonds. The zero-order valence-corrected chi connectivity index (χ0v) is 67.5. The second-order valence-electron chi connectivity index (χ2n) is 30.6. The van der Waals surface area contributed by atoms with Gasteiger partial charge in [0, 0.05) is 25.7 Å². The Balaban J connectivity index is 5.23. The van der Waals surface area contributed by atoms with Crippen molar-refractivity contribution in [2.24, 2.45) is 17.8 Å². The molecule has 3 N–H and O–H groups in total. The Kier molecular flexibility index (Phi) is 69.9. The number of phosphoric ester groups is 2. The largest absolute Gasteiger partial charge is 0.472 e. The van der Waals surface area contributed by atoms with Gasteiger partial charge in [-0.2, -0.15) is 0 Å². The third-order valence-corrected chi connectivity index (χ3v) is 20.8. The zero-order chi connectivity index (χ0) is 73.7. The van der Waals surface area contributed by atoms with Crippen LogP contribution < -0.4 is 0 Å². The van der Waals surface area contributed by atoms with Gasteiger partial charge in [-0.1, -0.05) is 370 Å². The molecular weight excluding hydrogens is 1310 g/mol. The van der Waals surface area contributed by atoms with E-state index < -0.39 is 97.5 Å². The van der Waals surface area contributed by atoms with Crippen LogP contribution in [0.5, 0.6) is 0 Å². The van der Waals surface area contributed by atoms with Gasteiger partial charge >= 0.3 is 39.5 Å². The van der Waals surface area contributed by atoms with E-state index in [4.69, 9.17) is 37.0 Å². The van der Waals surface area contributed by atoms with Crippen LogP contribution in [0.1, 0.15) is 421 Å². The summed E-state index contributed by atoms with van der Waals surface area (Å²) in [5.74, 6) is 0.156. The Hall–Kier alpha value is -1.94. The van der Waals surface area contributed by atoms with E-state index in [1.54, 1.807) is 0 Å². The van der Waals surface area contributed by atoms with Crippen molar-refractivity contribution in [2.75, 3.05) is 39.6 Å². The molecule has 5 atom stereocenters. The van der Waals surface area contributed by atoms with Crippen molar-refractivity contribution in [2.45, 2.75) is 439 Å². The molecule has 0 radical (unpaired) electrons. The third-order valence-electron chi connectivity index (χ3n) is 18.9. The smallest absolute Gasteiger partial charge is 0.462 e. The number of unbranched alkanes of at least 4 members (excludes halogenated alkanes) is 47. The average molecular weight is 1470 g/mol. The highest BCUT2D eigenvalue weighted by Crippen LogP contribution is 2.45. The molecule has 0 aromatic carbocycles. The molecule has 19 heteroatoms. The van der Waals surface area contributed by atoms with Crippen LogP contribution in [-0.4, -0.2) is 96.7 Å². The molecule has 17 nitrogen and oxygen atoms in total. The van der Waals surface area contributed by atoms with Gasteiger partial charge in [0.1, 0.15) is 19.3 Å². The van der Waals surface area contributed by atoms with E-state index in [1.807, 2.05) is 0 Å². The maximum absolute atomic E-state index is 13.1. The molecule has 0 aromatic heterocycles. The number of esters is 4. The van der Waals surface area contributed by atoms with Gasteiger partial charge in [0.15, 0.2) is 12.2 Å². The summed E-state index contributed by atoms with van der Waals surface area (Å²) in [6.07, 6.45) is 59.8. The van der Waals surface area contributed by atoms with Gasteiger partial charge in [-0.25, -0.2) is 9.13 Å². The van der Waals surface area contributed by atoms with Gasteiger partial charge in [0.05, 0.1) is 26.4 Å². The van der Waals surface area contributed by atoms with Crippen LogP contribution in [-0.2, 0) is 65.4 Å². The van der Waals surface area contributed by atoms with Crippen molar-refractivity contribution in [3.63, 3.8) is 0 Å². The standard InChI is InChI=1S/C81H158O17P2/c1-8-9-10-11-12-13-14-15-16-17-20-25-30-35-40-48-55-62-78(83)91-68-76(97-80(85)64-57-50-41-36-31-26-21-18-19-23-28-33-38-45-52-59-72(2)3)70-95-99(87,88)93-66-75(82)67-94-100(89,90)96-71-77(69-92-79(84)63-56-49-44-43-47-54-61-74(6)7)98-81(86)65-58-51-42-37-32-27-22-24-29-34-39-46-53-60-73(4)5/h72-77,82H,8-71H2,1-7H3,(H,87,88)(H,89,90)/t75-,76-,77-/m1/s1. The topological polar surface area (TPSA) is 237 Å². The summed E-state index contributed by atoms with van der Waals surface area (Å²) < 4.78 is 68.7. The van der Waals surface area contributed by atoms with Gasteiger partial charge in [-0.05, 0) is 43.4 Å². The normalized spacial score (nSPS) is 14.0. The average Bonchev–Trinajstić information content (AvgIpc) is 0.925. The molecule has 0 aliphatic heterocycles. The Bertz CT molecular complexity index is 1940. The van der Waals surface area contributed by atoms with E-state index in [2.05, 4.69) is 48.5 Å². The maximum atomic E-state index is 13.1. The van der Waals surface area contributed by atoms with E-state index in [0.717, 1.165) is 108 Å². The minimum absolute atomic E-state index is 0.106. The maximum Gasteiger partial charge on any atom is 0.472 e. The van der Waals surface area contributed by atoms with E-state index in [9.17, 15) is 43.2 Å². The molecule has 0 heterocycles. The molecule has 2 unspecified atom stereocenters.